The molecule has 0 saturated carbocycles. The van der Waals surface area contributed by atoms with Gasteiger partial charge in [0.2, 0.25) is 17.4 Å². The SMILES string of the molecule is C#CC#CC#CC#CC#CC#CC#CC#CC#CC#CC#C[N+]1=C(C=CC=CC=C2N(CCCCCCCCCCCCCC)c3ccc(Br)cc3C2(C)C)C(C)(C)c2cc(Br)ccc21. The lowest BCUT2D eigenvalue weighted by Gasteiger charge is -2.27. The third-order valence-corrected chi connectivity index (χ3v) is 11.9. The first-order chi connectivity index (χ1) is 31.6. The number of hydrogen-bond donors (Lipinski definition) is 0. The third kappa shape index (κ3) is 16.4. The van der Waals surface area contributed by atoms with Crippen LogP contribution in [0.3, 0.4) is 0 Å². The second-order valence-corrected chi connectivity index (χ2v) is 18.1. The van der Waals surface area contributed by atoms with Crippen LogP contribution in [0.5, 0.6) is 0 Å². The Morgan fingerprint density at radius 1 is 0.538 bits per heavy atom. The Hall–Kier alpha value is -6.75. The second kappa shape index (κ2) is 28.1. The first kappa shape index (κ1) is 50.9. The quantitative estimate of drug-likeness (QED) is 0.0703. The van der Waals surface area contributed by atoms with Crippen LogP contribution in [0.25, 0.3) is 0 Å². The highest BCUT2D eigenvalue weighted by atomic mass is 79.9. The van der Waals surface area contributed by atoms with E-state index in [1.54, 1.807) is 0 Å². The number of anilines is 1. The molecule has 0 amide bonds. The first-order valence-electron chi connectivity index (χ1n) is 22.2. The van der Waals surface area contributed by atoms with Gasteiger partial charge in [-0.3, -0.25) is 0 Å². The fraction of sp³-hybridized carbons (Fsp3) is 0.328. The zero-order valence-corrected chi connectivity index (χ0v) is 41.4. The molecule has 2 aliphatic rings. The molecule has 0 atom stereocenters. The summed E-state index contributed by atoms with van der Waals surface area (Å²) in [7, 11) is 0. The Kier molecular flexibility index (Phi) is 22.0. The predicted octanol–water partition coefficient (Wildman–Crippen LogP) is 12.7. The van der Waals surface area contributed by atoms with Gasteiger partial charge in [0.05, 0.1) is 11.3 Å². The summed E-state index contributed by atoms with van der Waals surface area (Å²) >= 11 is 7.42. The lowest BCUT2D eigenvalue weighted by atomic mass is 9.81. The van der Waals surface area contributed by atoms with Crippen molar-refractivity contribution in [2.24, 2.45) is 0 Å². The largest absolute Gasteiger partial charge is 0.344 e. The average molecular weight is 974 g/mol. The lowest BCUT2D eigenvalue weighted by molar-refractivity contribution is -0.332. The molecular weight excluding hydrogens is 920 g/mol. The smallest absolute Gasteiger partial charge is 0.243 e. The van der Waals surface area contributed by atoms with Crippen molar-refractivity contribution in [3.05, 3.63) is 92.5 Å². The van der Waals surface area contributed by atoms with E-state index in [1.807, 2.05) is 10.6 Å². The van der Waals surface area contributed by atoms with E-state index in [0.717, 1.165) is 26.9 Å². The number of rotatable bonds is 16. The molecule has 0 saturated heterocycles. The second-order valence-electron chi connectivity index (χ2n) is 16.3. The zero-order chi connectivity index (χ0) is 46.6. The maximum atomic E-state index is 5.00. The van der Waals surface area contributed by atoms with Crippen LogP contribution in [-0.2, 0) is 10.8 Å². The van der Waals surface area contributed by atoms with Crippen molar-refractivity contribution in [1.82, 2.24) is 0 Å². The summed E-state index contributed by atoms with van der Waals surface area (Å²) in [6, 6.07) is 16.3. The minimum atomic E-state index is -0.299. The van der Waals surface area contributed by atoms with Crippen molar-refractivity contribution in [2.75, 3.05) is 11.4 Å². The van der Waals surface area contributed by atoms with Gasteiger partial charge in [-0.25, -0.2) is 0 Å². The molecule has 4 rings (SSSR count). The monoisotopic (exact) mass is 971 g/mol. The lowest BCUT2D eigenvalue weighted by Crippen LogP contribution is -2.27. The van der Waals surface area contributed by atoms with Gasteiger partial charge in [-0.15, -0.1) is 11.0 Å². The molecule has 2 aromatic carbocycles. The number of halogens is 2. The van der Waals surface area contributed by atoms with Crippen LogP contribution in [0, 0.1) is 131 Å². The molecule has 0 bridgehead atoms. The molecule has 0 N–H and O–H groups in total. The molecule has 2 aromatic rings. The van der Waals surface area contributed by atoms with E-state index in [1.165, 1.54) is 99.6 Å². The number of terminal acetylenes is 1. The molecule has 4 heteroatoms. The summed E-state index contributed by atoms with van der Waals surface area (Å²) in [4.78, 5) is 2.55. The van der Waals surface area contributed by atoms with E-state index in [-0.39, 0.29) is 10.8 Å². The normalized spacial score (nSPS) is 13.4. The summed E-state index contributed by atoms with van der Waals surface area (Å²) in [6.07, 6.45) is 32.0. The highest BCUT2D eigenvalue weighted by molar-refractivity contribution is 9.10. The third-order valence-electron chi connectivity index (χ3n) is 10.9. The van der Waals surface area contributed by atoms with Crippen LogP contribution in [0.1, 0.15) is 123 Å². The minimum absolute atomic E-state index is 0.126. The Morgan fingerprint density at radius 2 is 1.00 bits per heavy atom. The summed E-state index contributed by atoms with van der Waals surface area (Å²) in [5, 5.41) is 0. The molecule has 0 unspecified atom stereocenters. The highest BCUT2D eigenvalue weighted by Crippen LogP contribution is 2.49. The van der Waals surface area contributed by atoms with Crippen LogP contribution >= 0.6 is 31.9 Å². The van der Waals surface area contributed by atoms with Crippen LogP contribution in [-0.4, -0.2) is 16.8 Å². The molecule has 0 aromatic heterocycles. The Labute approximate surface area is 408 Å². The standard InChI is InChI=1S/C61H53Br2N2/c1-7-9-11-13-15-17-19-21-22-23-24-25-26-27-28-30-32-34-36-41-49-65-57-47-45-53(63)51-55(57)61(5,6)59(65)43-39-37-38-42-58-60(3,4)54-50-52(62)44-46-56(54)64(58)48-40-35-33-31-29-20-18-16-14-12-10-8-2/h1,37-39,42-47,50-51H,8,10,12,14,16,18,20,29,31,33,35,40,48H2,2-6H3/q+1. The highest BCUT2D eigenvalue weighted by Gasteiger charge is 2.45. The number of hydrogen-bond acceptors (Lipinski definition) is 1. The van der Waals surface area contributed by atoms with Crippen molar-refractivity contribution in [1.29, 1.82) is 0 Å². The number of fused-ring (bicyclic) bond motifs is 2. The van der Waals surface area contributed by atoms with Crippen molar-refractivity contribution < 1.29 is 4.58 Å². The van der Waals surface area contributed by atoms with Gasteiger partial charge in [-0.2, -0.15) is 0 Å². The van der Waals surface area contributed by atoms with E-state index in [4.69, 9.17) is 6.42 Å². The van der Waals surface area contributed by atoms with Gasteiger partial charge in [0, 0.05) is 115 Å². The molecule has 0 aliphatic carbocycles. The Morgan fingerprint density at radius 3 is 1.52 bits per heavy atom. The van der Waals surface area contributed by atoms with E-state index >= 15 is 0 Å². The Balaban J connectivity index is 1.44. The molecule has 0 spiro atoms. The first-order valence-corrected chi connectivity index (χ1v) is 23.8. The van der Waals surface area contributed by atoms with E-state index < -0.39 is 0 Å². The van der Waals surface area contributed by atoms with Gasteiger partial charge in [0.1, 0.15) is 0 Å². The molecular formula is C61H53Br2N2+. The van der Waals surface area contributed by atoms with E-state index in [2.05, 4.69) is 257 Å². The van der Waals surface area contributed by atoms with Crippen LogP contribution < -0.4 is 4.90 Å². The summed E-state index contributed by atoms with van der Waals surface area (Å²) in [6.45, 7) is 12.4. The molecule has 2 aliphatic heterocycles. The number of unbranched alkanes of at least 4 members (excludes halogenated alkanes) is 11. The molecule has 320 valence electrons. The fourth-order valence-electron chi connectivity index (χ4n) is 7.66. The number of benzene rings is 2. The Bertz CT molecular complexity index is 2910. The van der Waals surface area contributed by atoms with Crippen molar-refractivity contribution in [3.8, 4) is 131 Å². The average Bonchev–Trinajstić information content (AvgIpc) is 3.62. The number of nitrogens with zero attached hydrogens (tertiary/aromatic N) is 2. The molecule has 0 fully saturated rings. The summed E-state index contributed by atoms with van der Waals surface area (Å²) < 4.78 is 4.16. The summed E-state index contributed by atoms with van der Waals surface area (Å²) in [5.74, 6) is 51.7. The van der Waals surface area contributed by atoms with Crippen LogP contribution in [0.2, 0.25) is 0 Å². The molecule has 2 heterocycles. The maximum absolute atomic E-state index is 5.00. The van der Waals surface area contributed by atoms with Crippen LogP contribution in [0.15, 0.2) is 81.4 Å². The van der Waals surface area contributed by atoms with Gasteiger partial charge >= 0.3 is 0 Å². The van der Waals surface area contributed by atoms with Gasteiger partial charge in [0.25, 0.3) is 0 Å². The zero-order valence-electron chi connectivity index (χ0n) is 38.3. The predicted molar refractivity (Wildman–Crippen MR) is 281 cm³/mol. The van der Waals surface area contributed by atoms with Gasteiger partial charge in [-0.1, -0.05) is 141 Å². The fourth-order valence-corrected chi connectivity index (χ4v) is 8.38. The van der Waals surface area contributed by atoms with Gasteiger partial charge in [0.15, 0.2) is 0 Å². The van der Waals surface area contributed by atoms with E-state index in [9.17, 15) is 0 Å². The molecule has 65 heavy (non-hydrogen) atoms. The van der Waals surface area contributed by atoms with Gasteiger partial charge < -0.3 is 4.90 Å². The topological polar surface area (TPSA) is 6.25 Å². The van der Waals surface area contributed by atoms with Crippen LogP contribution in [0.4, 0.5) is 11.4 Å². The molecule has 0 radical (unpaired) electrons. The summed E-state index contributed by atoms with van der Waals surface area (Å²) in [5.41, 5.74) is 6.83. The van der Waals surface area contributed by atoms with Crippen molar-refractivity contribution in [3.63, 3.8) is 0 Å². The minimum Gasteiger partial charge on any atom is -0.344 e. The van der Waals surface area contributed by atoms with E-state index in [0.29, 0.717) is 0 Å². The van der Waals surface area contributed by atoms with Crippen molar-refractivity contribution >= 4 is 48.9 Å². The number of allylic oxidation sites excluding steroid dienone is 6. The molecule has 2 nitrogen and oxygen atoms in total. The van der Waals surface area contributed by atoms with Gasteiger partial charge in [-0.05, 0) is 110 Å². The van der Waals surface area contributed by atoms with Crippen molar-refractivity contribution in [2.45, 2.75) is 122 Å². The maximum Gasteiger partial charge on any atom is 0.243 e.